The van der Waals surface area contributed by atoms with Gasteiger partial charge in [0.25, 0.3) is 0 Å². The van der Waals surface area contributed by atoms with Crippen molar-refractivity contribution in [2.75, 3.05) is 19.8 Å². The van der Waals surface area contributed by atoms with Crippen molar-refractivity contribution in [3.8, 4) is 5.75 Å². The van der Waals surface area contributed by atoms with Crippen LogP contribution in [0.4, 0.5) is 4.39 Å². The van der Waals surface area contributed by atoms with Gasteiger partial charge in [0.1, 0.15) is 11.6 Å². The van der Waals surface area contributed by atoms with E-state index in [2.05, 4.69) is 29.4 Å². The molecule has 1 N–H and O–H groups in total. The largest absolute Gasteiger partial charge is 0.493 e. The molecule has 162 valence electrons. The van der Waals surface area contributed by atoms with Gasteiger partial charge < -0.3 is 14.8 Å². The van der Waals surface area contributed by atoms with Crippen LogP contribution < -0.4 is 10.1 Å². The molecule has 0 bridgehead atoms. The quantitative estimate of drug-likeness (QED) is 0.718. The highest BCUT2D eigenvalue weighted by molar-refractivity contribution is 5.37. The Morgan fingerprint density at radius 1 is 1.13 bits per heavy atom. The maximum Gasteiger partial charge on any atom is 0.124 e. The standard InChI is InChI=1S/C14H19NO.C11H14FNO/c1-4-9-15-13(5-1)12-6-10-16-14(11-12)7-2-3-8-14;1-2-13-10-5-6-14-11-4-3-8(12)7-9(10)11/h1,4-5,9,12H,2-3,6-8,10-11H2;3-4,7,10,13H,2,5-6H2,1H3. The highest BCUT2D eigenvalue weighted by Crippen LogP contribution is 2.44. The van der Waals surface area contributed by atoms with E-state index >= 15 is 0 Å². The molecule has 4 nitrogen and oxygen atoms in total. The molecule has 2 atom stereocenters. The van der Waals surface area contributed by atoms with Gasteiger partial charge in [-0.25, -0.2) is 4.39 Å². The summed E-state index contributed by atoms with van der Waals surface area (Å²) < 4.78 is 24.5. The lowest BCUT2D eigenvalue weighted by atomic mass is 9.83. The summed E-state index contributed by atoms with van der Waals surface area (Å²) in [6, 6.07) is 11.2. The molecule has 5 rings (SSSR count). The van der Waals surface area contributed by atoms with E-state index < -0.39 is 0 Å². The minimum absolute atomic E-state index is 0.197. The van der Waals surface area contributed by atoms with E-state index in [1.807, 2.05) is 12.3 Å². The molecule has 1 saturated heterocycles. The van der Waals surface area contributed by atoms with Gasteiger partial charge in [0.2, 0.25) is 0 Å². The number of fused-ring (bicyclic) bond motifs is 1. The van der Waals surface area contributed by atoms with Crippen molar-refractivity contribution in [1.82, 2.24) is 10.3 Å². The third-order valence-electron chi connectivity index (χ3n) is 6.58. The van der Waals surface area contributed by atoms with Crippen molar-refractivity contribution in [2.45, 2.75) is 69.4 Å². The molecule has 1 aliphatic carbocycles. The minimum atomic E-state index is -0.197. The molecule has 2 aromatic rings. The Morgan fingerprint density at radius 3 is 2.77 bits per heavy atom. The van der Waals surface area contributed by atoms with Gasteiger partial charge in [-0.2, -0.15) is 0 Å². The van der Waals surface area contributed by atoms with E-state index in [0.29, 0.717) is 12.5 Å². The van der Waals surface area contributed by atoms with Crippen LogP contribution in [0.3, 0.4) is 0 Å². The van der Waals surface area contributed by atoms with Crippen LogP contribution in [-0.2, 0) is 4.74 Å². The van der Waals surface area contributed by atoms with Crippen molar-refractivity contribution in [3.63, 3.8) is 0 Å². The van der Waals surface area contributed by atoms with Crippen LogP contribution >= 0.6 is 0 Å². The van der Waals surface area contributed by atoms with Crippen LogP contribution in [0.25, 0.3) is 0 Å². The zero-order valence-corrected chi connectivity index (χ0v) is 17.9. The Labute approximate surface area is 179 Å². The van der Waals surface area contributed by atoms with Crippen LogP contribution in [0.15, 0.2) is 42.6 Å². The fourth-order valence-electron chi connectivity index (χ4n) is 5.09. The highest BCUT2D eigenvalue weighted by atomic mass is 19.1. The Balaban J connectivity index is 0.000000147. The number of nitrogens with zero attached hydrogens (tertiary/aromatic N) is 1. The molecule has 1 aromatic carbocycles. The zero-order valence-electron chi connectivity index (χ0n) is 17.9. The molecule has 2 fully saturated rings. The third kappa shape index (κ3) is 5.01. The molecule has 1 saturated carbocycles. The molecule has 1 aromatic heterocycles. The number of aromatic nitrogens is 1. The maximum atomic E-state index is 13.0. The summed E-state index contributed by atoms with van der Waals surface area (Å²) >= 11 is 0. The van der Waals surface area contributed by atoms with Gasteiger partial charge in [-0.1, -0.05) is 25.8 Å². The fraction of sp³-hybridized carbons (Fsp3) is 0.560. The SMILES string of the molecule is CCNC1CCOc2ccc(F)cc21.c1ccc(C2CCOC3(CCCC3)C2)nc1. The number of ether oxygens (including phenoxy) is 2. The second-order valence-electron chi connectivity index (χ2n) is 8.61. The number of halogens is 1. The monoisotopic (exact) mass is 412 g/mol. The molecule has 0 radical (unpaired) electrons. The zero-order chi connectivity index (χ0) is 20.8. The molecule has 3 aliphatic rings. The van der Waals surface area contributed by atoms with Gasteiger partial charge >= 0.3 is 0 Å². The third-order valence-corrected chi connectivity index (χ3v) is 6.58. The number of hydrogen-bond acceptors (Lipinski definition) is 4. The molecular formula is C25H33FN2O2. The minimum Gasteiger partial charge on any atom is -0.493 e. The van der Waals surface area contributed by atoms with Crippen molar-refractivity contribution >= 4 is 0 Å². The first kappa shape index (κ1) is 21.3. The average Bonchev–Trinajstić information content (AvgIpc) is 3.23. The van der Waals surface area contributed by atoms with Gasteiger partial charge in [-0.15, -0.1) is 0 Å². The van der Waals surface area contributed by atoms with Crippen LogP contribution in [-0.4, -0.2) is 30.3 Å². The molecular weight excluding hydrogens is 379 g/mol. The summed E-state index contributed by atoms with van der Waals surface area (Å²) in [7, 11) is 0. The average molecular weight is 413 g/mol. The van der Waals surface area contributed by atoms with E-state index in [1.165, 1.54) is 43.9 Å². The van der Waals surface area contributed by atoms with Crippen LogP contribution in [0.5, 0.6) is 5.75 Å². The van der Waals surface area contributed by atoms with Gasteiger partial charge in [0, 0.05) is 42.4 Å². The number of nitrogens with one attached hydrogen (secondary N) is 1. The molecule has 0 amide bonds. The second-order valence-corrected chi connectivity index (χ2v) is 8.61. The summed E-state index contributed by atoms with van der Waals surface area (Å²) in [5.74, 6) is 1.23. The smallest absolute Gasteiger partial charge is 0.124 e. The van der Waals surface area contributed by atoms with Gasteiger partial charge in [0.05, 0.1) is 12.2 Å². The summed E-state index contributed by atoms with van der Waals surface area (Å²) in [5.41, 5.74) is 2.41. The first-order chi connectivity index (χ1) is 14.7. The summed E-state index contributed by atoms with van der Waals surface area (Å²) in [6.07, 6.45) is 10.3. The van der Waals surface area contributed by atoms with Gasteiger partial charge in [-0.3, -0.25) is 4.98 Å². The molecule has 5 heteroatoms. The Hall–Kier alpha value is -1.98. The summed E-state index contributed by atoms with van der Waals surface area (Å²) in [4.78, 5) is 4.50. The van der Waals surface area contributed by atoms with Crippen molar-refractivity contribution in [3.05, 3.63) is 59.7 Å². The fourth-order valence-corrected chi connectivity index (χ4v) is 5.09. The summed E-state index contributed by atoms with van der Waals surface area (Å²) in [6.45, 7) is 4.56. The Kier molecular flexibility index (Phi) is 7.00. The number of benzene rings is 1. The Bertz CT molecular complexity index is 808. The van der Waals surface area contributed by atoms with Crippen molar-refractivity contribution in [1.29, 1.82) is 0 Å². The van der Waals surface area contributed by atoms with E-state index in [1.54, 1.807) is 12.1 Å². The molecule has 1 spiro atoms. The first-order valence-corrected chi connectivity index (χ1v) is 11.4. The lowest BCUT2D eigenvalue weighted by molar-refractivity contribution is -0.0809. The predicted octanol–water partition coefficient (Wildman–Crippen LogP) is 5.55. The molecule has 3 heterocycles. The normalized spacial score (nSPS) is 24.5. The molecule has 2 aliphatic heterocycles. The van der Waals surface area contributed by atoms with Crippen molar-refractivity contribution in [2.24, 2.45) is 0 Å². The highest BCUT2D eigenvalue weighted by Gasteiger charge is 2.40. The van der Waals surface area contributed by atoms with Gasteiger partial charge in [-0.05, 0) is 62.6 Å². The first-order valence-electron chi connectivity index (χ1n) is 11.4. The molecule has 30 heavy (non-hydrogen) atoms. The maximum absolute atomic E-state index is 13.0. The predicted molar refractivity (Wildman–Crippen MR) is 116 cm³/mol. The van der Waals surface area contributed by atoms with E-state index in [0.717, 1.165) is 37.3 Å². The lowest BCUT2D eigenvalue weighted by Crippen LogP contribution is -2.36. The van der Waals surface area contributed by atoms with E-state index in [9.17, 15) is 4.39 Å². The lowest BCUT2D eigenvalue weighted by Gasteiger charge is -2.38. The number of rotatable bonds is 3. The van der Waals surface area contributed by atoms with Gasteiger partial charge in [0.15, 0.2) is 0 Å². The summed E-state index contributed by atoms with van der Waals surface area (Å²) in [5, 5.41) is 3.32. The topological polar surface area (TPSA) is 43.4 Å². The number of hydrogen-bond donors (Lipinski definition) is 1. The van der Waals surface area contributed by atoms with Crippen LogP contribution in [0, 0.1) is 5.82 Å². The number of pyridine rings is 1. The second kappa shape index (κ2) is 9.88. The van der Waals surface area contributed by atoms with E-state index in [4.69, 9.17) is 9.47 Å². The van der Waals surface area contributed by atoms with Crippen LogP contribution in [0.2, 0.25) is 0 Å². The molecule has 2 unspecified atom stereocenters. The van der Waals surface area contributed by atoms with E-state index in [-0.39, 0.29) is 17.5 Å². The van der Waals surface area contributed by atoms with Crippen molar-refractivity contribution < 1.29 is 13.9 Å². The van der Waals surface area contributed by atoms with Crippen LogP contribution in [0.1, 0.15) is 75.1 Å². The Morgan fingerprint density at radius 2 is 2.00 bits per heavy atom.